The summed E-state index contributed by atoms with van der Waals surface area (Å²) in [7, 11) is 1.89. The van der Waals surface area contributed by atoms with E-state index in [0.29, 0.717) is 0 Å². The minimum absolute atomic E-state index is 0.0591. The summed E-state index contributed by atoms with van der Waals surface area (Å²) in [6.07, 6.45) is 8.16. The highest BCUT2D eigenvalue weighted by molar-refractivity contribution is 8.14. The molecule has 1 aromatic carbocycles. The lowest BCUT2D eigenvalue weighted by Crippen LogP contribution is -2.81. The van der Waals surface area contributed by atoms with Crippen LogP contribution in [0.2, 0.25) is 0 Å². The van der Waals surface area contributed by atoms with Gasteiger partial charge in [0.05, 0.1) is 24.1 Å². The Morgan fingerprint density at radius 1 is 1.42 bits per heavy atom. The molecular weight excluding hydrogens is 348 g/mol. The van der Waals surface area contributed by atoms with E-state index < -0.39 is 0 Å². The average Bonchev–Trinajstić information content (AvgIpc) is 3.06. The number of para-hydroxylation sites is 1. The molecule has 1 amide bonds. The van der Waals surface area contributed by atoms with Crippen LogP contribution in [-0.4, -0.2) is 42.6 Å². The molecule has 1 aromatic rings. The second-order valence-corrected chi connectivity index (χ2v) is 6.87. The van der Waals surface area contributed by atoms with Gasteiger partial charge in [-0.15, -0.1) is 0 Å². The van der Waals surface area contributed by atoms with E-state index in [1.165, 1.54) is 11.8 Å². The largest absolute Gasteiger partial charge is 0.340 e. The number of benzene rings is 1. The third-order valence-corrected chi connectivity index (χ3v) is 4.85. The quantitative estimate of drug-likeness (QED) is 0.409. The predicted octanol–water partition coefficient (Wildman–Crippen LogP) is 1.28. The van der Waals surface area contributed by atoms with Gasteiger partial charge in [-0.1, -0.05) is 36.0 Å². The lowest BCUT2D eigenvalue weighted by molar-refractivity contribution is -0.575. The number of carbonyl (C=O) groups excluding carboxylic acids is 2. The highest BCUT2D eigenvalue weighted by Crippen LogP contribution is 2.19. The van der Waals surface area contributed by atoms with Crippen molar-refractivity contribution in [1.82, 2.24) is 5.32 Å². The molecule has 138 valence electrons. The molecule has 1 heterocycles. The predicted molar refractivity (Wildman–Crippen MR) is 107 cm³/mol. The molecule has 0 radical (unpaired) electrons. The standard InChI is InChI=1S/C19H24N4O2S/c1-3-15(13-21-23(2)16-7-5-4-6-8-16)9-11-20-14-18(24)22-17-10-12-26-19(17)25/h3-9,11,13,17,20H,10,12,14H2,1-2H3,(H,22,24)/p+1/b11-9-,15-3+,21-13+. The van der Waals surface area contributed by atoms with Gasteiger partial charge >= 0.3 is 0 Å². The van der Waals surface area contributed by atoms with Crippen molar-refractivity contribution in [3.63, 3.8) is 0 Å². The molecule has 6 nitrogen and oxygen atoms in total. The lowest BCUT2D eigenvalue weighted by atomic mass is 10.2. The first-order valence-corrected chi connectivity index (χ1v) is 9.53. The molecule has 1 unspecified atom stereocenters. The fourth-order valence-electron chi connectivity index (χ4n) is 2.31. The molecule has 7 heteroatoms. The number of carbonyl (C=O) groups is 2. The van der Waals surface area contributed by atoms with Crippen molar-refractivity contribution in [3.8, 4) is 0 Å². The Morgan fingerprint density at radius 2 is 2.19 bits per heavy atom. The molecule has 1 aliphatic rings. The van der Waals surface area contributed by atoms with Crippen LogP contribution in [0.25, 0.3) is 0 Å². The topological polar surface area (TPSA) is 78.4 Å². The molecule has 0 bridgehead atoms. The number of nitrogens with zero attached hydrogens (tertiary/aromatic N) is 2. The first-order valence-electron chi connectivity index (χ1n) is 8.55. The second kappa shape index (κ2) is 10.6. The second-order valence-electron chi connectivity index (χ2n) is 5.77. The van der Waals surface area contributed by atoms with E-state index in [4.69, 9.17) is 0 Å². The monoisotopic (exact) mass is 373 g/mol. The van der Waals surface area contributed by atoms with Gasteiger partial charge in [0.1, 0.15) is 0 Å². The number of hydrogen-bond donors (Lipinski definition) is 2. The van der Waals surface area contributed by atoms with Gasteiger partial charge in [0.25, 0.3) is 5.91 Å². The van der Waals surface area contributed by atoms with E-state index in [1.807, 2.05) is 62.7 Å². The van der Waals surface area contributed by atoms with E-state index in [1.54, 1.807) is 16.5 Å². The zero-order valence-corrected chi connectivity index (χ0v) is 15.9. The minimum Gasteiger partial charge on any atom is -0.340 e. The van der Waals surface area contributed by atoms with Crippen LogP contribution in [0, 0.1) is 0 Å². The van der Waals surface area contributed by atoms with Gasteiger partial charge in [-0.05, 0) is 37.1 Å². The van der Waals surface area contributed by atoms with Gasteiger partial charge in [-0.3, -0.25) is 14.6 Å². The third kappa shape index (κ3) is 6.50. The smallest absolute Gasteiger partial charge is 0.276 e. The molecule has 26 heavy (non-hydrogen) atoms. The fourth-order valence-corrected chi connectivity index (χ4v) is 3.24. The van der Waals surface area contributed by atoms with Crippen molar-refractivity contribution < 1.29 is 14.9 Å². The van der Waals surface area contributed by atoms with E-state index in [9.17, 15) is 9.59 Å². The van der Waals surface area contributed by atoms with Gasteiger partial charge in [-0.2, -0.15) is 5.10 Å². The zero-order valence-electron chi connectivity index (χ0n) is 15.1. The summed E-state index contributed by atoms with van der Waals surface area (Å²) in [6, 6.07) is 9.56. The molecular formula is C19H25N4O2S+. The highest BCUT2D eigenvalue weighted by Gasteiger charge is 2.26. The number of hydrogen-bond acceptors (Lipinski definition) is 5. The maximum Gasteiger partial charge on any atom is 0.276 e. The van der Waals surface area contributed by atoms with Crippen LogP contribution in [0.3, 0.4) is 0 Å². The van der Waals surface area contributed by atoms with E-state index in [2.05, 4.69) is 10.4 Å². The molecule has 3 N–H and O–H groups in total. The van der Waals surface area contributed by atoms with Gasteiger partial charge in [0, 0.05) is 12.8 Å². The molecule has 0 saturated carbocycles. The average molecular weight is 374 g/mol. The first-order chi connectivity index (χ1) is 12.6. The Balaban J connectivity index is 1.75. The Kier molecular flexibility index (Phi) is 8.11. The number of rotatable bonds is 8. The Bertz CT molecular complexity index is 701. The highest BCUT2D eigenvalue weighted by atomic mass is 32.2. The van der Waals surface area contributed by atoms with Crippen LogP contribution >= 0.6 is 11.8 Å². The summed E-state index contributed by atoms with van der Waals surface area (Å²) < 4.78 is 0. The van der Waals surface area contributed by atoms with E-state index >= 15 is 0 Å². The number of quaternary nitrogens is 1. The molecule has 0 aliphatic carbocycles. The molecule has 1 fully saturated rings. The van der Waals surface area contributed by atoms with Gasteiger partial charge < -0.3 is 10.6 Å². The molecule has 0 aromatic heterocycles. The third-order valence-electron chi connectivity index (χ3n) is 3.84. The first kappa shape index (κ1) is 19.9. The maximum absolute atomic E-state index is 11.8. The van der Waals surface area contributed by atoms with Crippen LogP contribution in [0.1, 0.15) is 13.3 Å². The van der Waals surface area contributed by atoms with Crippen LogP contribution < -0.4 is 15.6 Å². The fraction of sp³-hybridized carbons (Fsp3) is 0.316. The summed E-state index contributed by atoms with van der Waals surface area (Å²) in [5.74, 6) is 0.657. The number of allylic oxidation sites excluding steroid dienone is 3. The summed E-state index contributed by atoms with van der Waals surface area (Å²) in [5.41, 5.74) is 1.94. The Labute approximate surface area is 158 Å². The van der Waals surface area contributed by atoms with Gasteiger partial charge in [0.15, 0.2) is 6.54 Å². The van der Waals surface area contributed by atoms with Crippen molar-refractivity contribution >= 4 is 34.7 Å². The van der Waals surface area contributed by atoms with Crippen LogP contribution in [-0.2, 0) is 9.59 Å². The van der Waals surface area contributed by atoms with Gasteiger partial charge in [0.2, 0.25) is 5.12 Å². The molecule has 2 rings (SSSR count). The van der Waals surface area contributed by atoms with E-state index in [0.717, 1.165) is 23.4 Å². The molecule has 1 atom stereocenters. The van der Waals surface area contributed by atoms with Crippen molar-refractivity contribution in [2.75, 3.05) is 24.4 Å². The number of amides is 1. The number of nitrogens with two attached hydrogens (primary N) is 1. The molecule has 1 aliphatic heterocycles. The number of nitrogens with one attached hydrogen (secondary N) is 1. The normalized spacial score (nSPS) is 18.0. The molecule has 1 saturated heterocycles. The number of thioether (sulfide) groups is 1. The van der Waals surface area contributed by atoms with Gasteiger partial charge in [-0.25, -0.2) is 0 Å². The van der Waals surface area contributed by atoms with Crippen LogP contribution in [0.5, 0.6) is 0 Å². The Morgan fingerprint density at radius 3 is 2.85 bits per heavy atom. The minimum atomic E-state index is -0.323. The molecule has 0 spiro atoms. The van der Waals surface area contributed by atoms with Crippen molar-refractivity contribution in [2.24, 2.45) is 5.10 Å². The number of anilines is 1. The van der Waals surface area contributed by atoms with Crippen LogP contribution in [0.15, 0.2) is 59.4 Å². The zero-order chi connectivity index (χ0) is 18.8. The summed E-state index contributed by atoms with van der Waals surface area (Å²) in [6.45, 7) is 2.19. The summed E-state index contributed by atoms with van der Waals surface area (Å²) in [5, 5.41) is 10.8. The Hall–Kier alpha value is -2.38. The SMILES string of the molecule is C/C=C(\C=C/[NH2+]CC(=O)NC1CCSC1=O)/C=N/N(C)c1ccccc1. The van der Waals surface area contributed by atoms with Crippen molar-refractivity contribution in [2.45, 2.75) is 19.4 Å². The van der Waals surface area contributed by atoms with E-state index in [-0.39, 0.29) is 23.6 Å². The summed E-state index contributed by atoms with van der Waals surface area (Å²) >= 11 is 1.28. The van der Waals surface area contributed by atoms with Crippen molar-refractivity contribution in [1.29, 1.82) is 0 Å². The summed E-state index contributed by atoms with van der Waals surface area (Å²) in [4.78, 5) is 23.3. The van der Waals surface area contributed by atoms with Crippen LogP contribution in [0.4, 0.5) is 5.69 Å². The lowest BCUT2D eigenvalue weighted by Gasteiger charge is -2.12. The number of hydrazone groups is 1. The van der Waals surface area contributed by atoms with Crippen molar-refractivity contribution in [3.05, 3.63) is 54.3 Å². The maximum atomic E-state index is 11.8.